The van der Waals surface area contributed by atoms with Crippen LogP contribution in [0.5, 0.6) is 0 Å². The van der Waals surface area contributed by atoms with Crippen molar-refractivity contribution in [1.82, 2.24) is 24.0 Å². The molecule has 2 aliphatic carbocycles. The lowest BCUT2D eigenvalue weighted by molar-refractivity contribution is -0.129. The number of piperazine rings is 1. The zero-order chi connectivity index (χ0) is 21.6. The van der Waals surface area contributed by atoms with E-state index in [1.807, 2.05) is 0 Å². The highest BCUT2D eigenvalue weighted by Gasteiger charge is 2.37. The number of benzene rings is 1. The fraction of sp³-hybridized carbons (Fsp3) is 0.550. The Morgan fingerprint density at radius 2 is 1.84 bits per heavy atom. The number of carbonyl (C=O) groups excluding carboxylic acids is 1. The maximum Gasteiger partial charge on any atom is 0.243 e. The van der Waals surface area contributed by atoms with E-state index in [1.165, 1.54) is 34.3 Å². The molecule has 11 heteroatoms. The summed E-state index contributed by atoms with van der Waals surface area (Å²) in [6.07, 6.45) is 4.61. The van der Waals surface area contributed by atoms with Crippen molar-refractivity contribution in [3.05, 3.63) is 35.9 Å². The third-order valence-corrected chi connectivity index (χ3v) is 8.72. The van der Waals surface area contributed by atoms with Crippen molar-refractivity contribution in [2.24, 2.45) is 0 Å². The molecule has 0 spiro atoms. The molecule has 2 aromatic rings. The van der Waals surface area contributed by atoms with E-state index in [2.05, 4.69) is 14.8 Å². The van der Waals surface area contributed by atoms with Crippen LogP contribution in [0.15, 0.2) is 34.3 Å². The Morgan fingerprint density at radius 1 is 1.10 bits per heavy atom. The summed E-state index contributed by atoms with van der Waals surface area (Å²) in [6, 6.07) is 5.48. The third-order valence-electron chi connectivity index (χ3n) is 5.90. The monoisotopic (exact) mass is 465 g/mol. The van der Waals surface area contributed by atoms with Gasteiger partial charge in [0.15, 0.2) is 5.16 Å². The summed E-state index contributed by atoms with van der Waals surface area (Å²) < 4.78 is 42.4. The van der Waals surface area contributed by atoms with Gasteiger partial charge in [0.25, 0.3) is 0 Å². The van der Waals surface area contributed by atoms with Gasteiger partial charge >= 0.3 is 0 Å². The van der Waals surface area contributed by atoms with Crippen molar-refractivity contribution in [1.29, 1.82) is 0 Å². The SMILES string of the molecule is O=C(CSc1nnc(C2CC2)n1C1CC1)N1CCN(S(=O)(=O)c2cccc(F)c2)CC1. The lowest BCUT2D eigenvalue weighted by Crippen LogP contribution is -2.51. The van der Waals surface area contributed by atoms with Crippen LogP contribution in [-0.4, -0.2) is 70.2 Å². The zero-order valence-electron chi connectivity index (χ0n) is 17.0. The van der Waals surface area contributed by atoms with E-state index in [0.717, 1.165) is 42.7 Å². The average molecular weight is 466 g/mol. The van der Waals surface area contributed by atoms with Crippen LogP contribution in [0.3, 0.4) is 0 Å². The molecule has 31 heavy (non-hydrogen) atoms. The van der Waals surface area contributed by atoms with Crippen molar-refractivity contribution in [2.45, 2.75) is 47.7 Å². The summed E-state index contributed by atoms with van der Waals surface area (Å²) in [5.74, 6) is 1.22. The van der Waals surface area contributed by atoms with Crippen LogP contribution in [0.25, 0.3) is 0 Å². The summed E-state index contributed by atoms with van der Waals surface area (Å²) in [6.45, 7) is 1.02. The van der Waals surface area contributed by atoms with Crippen LogP contribution in [0, 0.1) is 5.82 Å². The van der Waals surface area contributed by atoms with Crippen LogP contribution >= 0.6 is 11.8 Å². The fourth-order valence-corrected chi connectivity index (χ4v) is 6.22. The summed E-state index contributed by atoms with van der Waals surface area (Å²) in [4.78, 5) is 14.3. The Labute approximate surface area is 184 Å². The van der Waals surface area contributed by atoms with E-state index in [1.54, 1.807) is 4.90 Å². The molecular weight excluding hydrogens is 441 g/mol. The normalized spacial score (nSPS) is 20.2. The van der Waals surface area contributed by atoms with Gasteiger partial charge in [-0.05, 0) is 43.9 Å². The predicted molar refractivity (Wildman–Crippen MR) is 113 cm³/mol. The Bertz CT molecular complexity index is 1090. The molecule has 5 rings (SSSR count). The van der Waals surface area contributed by atoms with E-state index in [9.17, 15) is 17.6 Å². The van der Waals surface area contributed by atoms with E-state index < -0.39 is 15.8 Å². The van der Waals surface area contributed by atoms with Gasteiger partial charge in [-0.1, -0.05) is 17.8 Å². The smallest absolute Gasteiger partial charge is 0.243 e. The molecule has 3 aliphatic rings. The van der Waals surface area contributed by atoms with Crippen molar-refractivity contribution >= 4 is 27.7 Å². The van der Waals surface area contributed by atoms with Gasteiger partial charge < -0.3 is 9.47 Å². The Hall–Kier alpha value is -1.98. The number of hydrogen-bond acceptors (Lipinski definition) is 6. The maximum absolute atomic E-state index is 13.4. The first-order valence-corrected chi connectivity index (χ1v) is 13.0. The van der Waals surface area contributed by atoms with Gasteiger partial charge in [0.1, 0.15) is 11.6 Å². The first kappa shape index (κ1) is 20.9. The minimum atomic E-state index is -3.77. The van der Waals surface area contributed by atoms with Crippen LogP contribution in [0.2, 0.25) is 0 Å². The quantitative estimate of drug-likeness (QED) is 0.583. The van der Waals surface area contributed by atoms with Gasteiger partial charge in [-0.15, -0.1) is 10.2 Å². The van der Waals surface area contributed by atoms with Crippen LogP contribution in [-0.2, 0) is 14.8 Å². The van der Waals surface area contributed by atoms with Gasteiger partial charge in [-0.25, -0.2) is 12.8 Å². The summed E-state index contributed by atoms with van der Waals surface area (Å²) in [5, 5.41) is 9.51. The number of nitrogens with zero attached hydrogens (tertiary/aromatic N) is 5. The molecular formula is C20H24FN5O3S2. The minimum absolute atomic E-state index is 0.0360. The number of aromatic nitrogens is 3. The van der Waals surface area contributed by atoms with E-state index >= 15 is 0 Å². The second kappa shape index (κ2) is 8.18. The standard InChI is InChI=1S/C20H24FN5O3S2/c21-15-2-1-3-17(12-15)31(28,29)25-10-8-24(9-11-25)18(27)13-30-20-23-22-19(14-4-5-14)26(20)16-6-7-16/h1-3,12,14,16H,4-11,13H2. The molecule has 1 aromatic heterocycles. The highest BCUT2D eigenvalue weighted by atomic mass is 32.2. The number of rotatable bonds is 7. The van der Waals surface area contributed by atoms with E-state index in [0.29, 0.717) is 25.0 Å². The van der Waals surface area contributed by atoms with Crippen LogP contribution in [0.4, 0.5) is 4.39 Å². The second-order valence-corrected chi connectivity index (χ2v) is 11.1. The lowest BCUT2D eigenvalue weighted by Gasteiger charge is -2.34. The largest absolute Gasteiger partial charge is 0.339 e. The molecule has 0 bridgehead atoms. The zero-order valence-corrected chi connectivity index (χ0v) is 18.6. The van der Waals surface area contributed by atoms with Crippen LogP contribution in [0.1, 0.15) is 43.5 Å². The highest BCUT2D eigenvalue weighted by molar-refractivity contribution is 7.99. The second-order valence-electron chi connectivity index (χ2n) is 8.25. The number of halogens is 1. The third kappa shape index (κ3) is 4.35. The lowest BCUT2D eigenvalue weighted by atomic mass is 10.3. The van der Waals surface area contributed by atoms with Gasteiger partial charge in [-0.2, -0.15) is 4.31 Å². The van der Waals surface area contributed by atoms with Crippen LogP contribution < -0.4 is 0 Å². The Kier molecular flexibility index (Phi) is 5.51. The Morgan fingerprint density at radius 3 is 2.48 bits per heavy atom. The Balaban J connectivity index is 1.17. The molecule has 0 N–H and O–H groups in total. The van der Waals surface area contributed by atoms with Gasteiger partial charge in [-0.3, -0.25) is 4.79 Å². The number of hydrogen-bond donors (Lipinski definition) is 0. The first-order valence-electron chi connectivity index (χ1n) is 10.5. The average Bonchev–Trinajstić information content (AvgIpc) is 3.71. The number of sulfonamides is 1. The van der Waals surface area contributed by atoms with E-state index in [-0.39, 0.29) is 29.6 Å². The van der Waals surface area contributed by atoms with E-state index in [4.69, 9.17) is 0 Å². The van der Waals surface area contributed by atoms with Crippen molar-refractivity contribution < 1.29 is 17.6 Å². The molecule has 3 fully saturated rings. The number of carbonyl (C=O) groups is 1. The molecule has 2 saturated carbocycles. The number of amides is 1. The summed E-state index contributed by atoms with van der Waals surface area (Å²) >= 11 is 1.41. The first-order chi connectivity index (χ1) is 14.9. The van der Waals surface area contributed by atoms with Crippen molar-refractivity contribution in [3.8, 4) is 0 Å². The number of thioether (sulfide) groups is 1. The molecule has 2 heterocycles. The fourth-order valence-electron chi connectivity index (χ4n) is 3.85. The molecule has 0 radical (unpaired) electrons. The topological polar surface area (TPSA) is 88.4 Å². The van der Waals surface area contributed by atoms with Gasteiger partial charge in [0.2, 0.25) is 15.9 Å². The molecule has 0 atom stereocenters. The highest BCUT2D eigenvalue weighted by Crippen LogP contribution is 2.46. The van der Waals surface area contributed by atoms with Crippen molar-refractivity contribution in [2.75, 3.05) is 31.9 Å². The summed E-state index contributed by atoms with van der Waals surface area (Å²) in [7, 11) is -3.77. The molecule has 0 unspecified atom stereocenters. The molecule has 166 valence electrons. The molecule has 8 nitrogen and oxygen atoms in total. The minimum Gasteiger partial charge on any atom is -0.339 e. The molecule has 1 amide bonds. The summed E-state index contributed by atoms with van der Waals surface area (Å²) in [5.41, 5.74) is 0. The van der Waals surface area contributed by atoms with Crippen molar-refractivity contribution in [3.63, 3.8) is 0 Å². The molecule has 1 aliphatic heterocycles. The molecule has 1 saturated heterocycles. The van der Waals surface area contributed by atoms with Gasteiger partial charge in [0, 0.05) is 38.1 Å². The maximum atomic E-state index is 13.4. The van der Waals surface area contributed by atoms with Gasteiger partial charge in [0.05, 0.1) is 10.6 Å². The molecule has 1 aromatic carbocycles. The predicted octanol–water partition coefficient (Wildman–Crippen LogP) is 2.25.